The lowest BCUT2D eigenvalue weighted by Gasteiger charge is -2.36. The second kappa shape index (κ2) is 4.46. The van der Waals surface area contributed by atoms with Gasteiger partial charge in [-0.1, -0.05) is 25.2 Å². The van der Waals surface area contributed by atoms with Gasteiger partial charge < -0.3 is 11.1 Å². The maximum Gasteiger partial charge on any atom is 0.0338 e. The van der Waals surface area contributed by atoms with Crippen molar-refractivity contribution >= 4 is 0 Å². The Morgan fingerprint density at radius 2 is 2.31 bits per heavy atom. The fourth-order valence-electron chi connectivity index (χ4n) is 2.55. The summed E-state index contributed by atoms with van der Waals surface area (Å²) < 4.78 is 0. The van der Waals surface area contributed by atoms with Gasteiger partial charge in [0.1, 0.15) is 0 Å². The largest absolute Gasteiger partial charge is 0.384 e. The minimum atomic E-state index is 0.203. The van der Waals surface area contributed by atoms with Crippen molar-refractivity contribution in [1.82, 2.24) is 5.32 Å². The van der Waals surface area contributed by atoms with Crippen molar-refractivity contribution in [3.05, 3.63) is 35.6 Å². The van der Waals surface area contributed by atoms with Crippen LogP contribution in [0.4, 0.5) is 0 Å². The Labute approximate surface area is 98.3 Å². The molecule has 16 heavy (non-hydrogen) atoms. The van der Waals surface area contributed by atoms with Crippen molar-refractivity contribution in [3.8, 4) is 0 Å². The number of hydrogen-bond acceptors (Lipinski definition) is 2. The van der Waals surface area contributed by atoms with E-state index in [1.165, 1.54) is 18.5 Å². The molecule has 2 heteroatoms. The lowest BCUT2D eigenvalue weighted by molar-refractivity contribution is 0.465. The van der Waals surface area contributed by atoms with Gasteiger partial charge in [-0.05, 0) is 37.8 Å². The first kappa shape index (κ1) is 11.5. The van der Waals surface area contributed by atoms with Crippen LogP contribution in [0.15, 0.2) is 35.6 Å². The quantitative estimate of drug-likeness (QED) is 0.714. The zero-order valence-electron chi connectivity index (χ0n) is 10.3. The fourth-order valence-corrected chi connectivity index (χ4v) is 2.55. The number of hydrogen-bond donors (Lipinski definition) is 2. The van der Waals surface area contributed by atoms with E-state index in [1.54, 1.807) is 5.57 Å². The van der Waals surface area contributed by atoms with E-state index < -0.39 is 0 Å². The first-order valence-electron chi connectivity index (χ1n) is 6.19. The third-order valence-corrected chi connectivity index (χ3v) is 3.50. The van der Waals surface area contributed by atoms with Crippen molar-refractivity contribution in [1.29, 1.82) is 0 Å². The average molecular weight is 218 g/mol. The molecule has 2 nitrogen and oxygen atoms in total. The van der Waals surface area contributed by atoms with Crippen LogP contribution in [0.5, 0.6) is 0 Å². The molecule has 0 saturated heterocycles. The fraction of sp³-hybridized carbons (Fsp3) is 0.571. The highest BCUT2D eigenvalue weighted by atomic mass is 14.9. The van der Waals surface area contributed by atoms with Crippen LogP contribution < -0.4 is 11.1 Å². The first-order chi connectivity index (χ1) is 7.62. The van der Waals surface area contributed by atoms with Crippen LogP contribution in [0.3, 0.4) is 0 Å². The zero-order chi connectivity index (χ0) is 11.6. The minimum Gasteiger partial charge on any atom is -0.384 e. The van der Waals surface area contributed by atoms with E-state index in [4.69, 9.17) is 5.73 Å². The summed E-state index contributed by atoms with van der Waals surface area (Å²) in [5, 5.41) is 3.48. The van der Waals surface area contributed by atoms with Gasteiger partial charge in [0.05, 0.1) is 0 Å². The van der Waals surface area contributed by atoms with Crippen LogP contribution in [0.2, 0.25) is 0 Å². The molecule has 0 bridgehead atoms. The summed E-state index contributed by atoms with van der Waals surface area (Å²) in [7, 11) is 0. The predicted octanol–water partition coefficient (Wildman–Crippen LogP) is 2.49. The molecule has 2 aliphatic carbocycles. The summed E-state index contributed by atoms with van der Waals surface area (Å²) in [6, 6.07) is 0.203. The molecule has 0 fully saturated rings. The molecule has 3 N–H and O–H groups in total. The van der Waals surface area contributed by atoms with E-state index in [0.717, 1.165) is 13.0 Å². The van der Waals surface area contributed by atoms with Crippen LogP contribution in [0.1, 0.15) is 33.1 Å². The van der Waals surface area contributed by atoms with Gasteiger partial charge in [0, 0.05) is 23.7 Å². The van der Waals surface area contributed by atoms with Gasteiger partial charge in [0.15, 0.2) is 0 Å². The topological polar surface area (TPSA) is 38.0 Å². The van der Waals surface area contributed by atoms with Gasteiger partial charge in [-0.2, -0.15) is 0 Å². The monoisotopic (exact) mass is 218 g/mol. The molecule has 0 heterocycles. The third kappa shape index (κ3) is 2.22. The summed E-state index contributed by atoms with van der Waals surface area (Å²) in [6.45, 7) is 5.21. The van der Waals surface area contributed by atoms with Crippen molar-refractivity contribution in [2.75, 3.05) is 6.54 Å². The van der Waals surface area contributed by atoms with E-state index in [0.29, 0.717) is 0 Å². The Balaban J connectivity index is 2.21. The average Bonchev–Trinajstić information content (AvgIpc) is 2.25. The van der Waals surface area contributed by atoms with Gasteiger partial charge in [0.25, 0.3) is 0 Å². The molecule has 0 aliphatic heterocycles. The second-order valence-electron chi connectivity index (χ2n) is 5.22. The Morgan fingerprint density at radius 1 is 1.50 bits per heavy atom. The molecule has 0 amide bonds. The minimum absolute atomic E-state index is 0.203. The Hall–Kier alpha value is -1.02. The van der Waals surface area contributed by atoms with E-state index in [-0.39, 0.29) is 11.5 Å². The number of allylic oxidation sites excluding steroid dienone is 5. The zero-order valence-corrected chi connectivity index (χ0v) is 10.3. The molecule has 0 aromatic rings. The lowest BCUT2D eigenvalue weighted by Crippen LogP contribution is -2.33. The lowest BCUT2D eigenvalue weighted by atomic mass is 9.71. The van der Waals surface area contributed by atoms with E-state index in [9.17, 15) is 0 Å². The van der Waals surface area contributed by atoms with E-state index in [2.05, 4.69) is 36.5 Å². The van der Waals surface area contributed by atoms with E-state index in [1.807, 2.05) is 6.92 Å². The van der Waals surface area contributed by atoms with Crippen LogP contribution in [-0.2, 0) is 0 Å². The number of rotatable bonds is 3. The molecule has 2 rings (SSSR count). The van der Waals surface area contributed by atoms with Gasteiger partial charge in [-0.25, -0.2) is 0 Å². The molecule has 2 aliphatic rings. The molecule has 0 saturated carbocycles. The van der Waals surface area contributed by atoms with Gasteiger partial charge >= 0.3 is 0 Å². The molecule has 0 aromatic carbocycles. The molecule has 2 atom stereocenters. The standard InChI is InChI=1S/C14H22N2/c1-11(15)10-16-13-7-5-9-14(2)8-4-3-6-12(13)14/h4-5,7-8,11,16H,3,6,9-10,15H2,1-2H3/t11-,14?/m0/s1. The molecule has 0 spiro atoms. The van der Waals surface area contributed by atoms with Crippen molar-refractivity contribution in [2.24, 2.45) is 11.1 Å². The Bertz CT molecular complexity index is 350. The highest BCUT2D eigenvalue weighted by Gasteiger charge is 2.31. The van der Waals surface area contributed by atoms with E-state index >= 15 is 0 Å². The van der Waals surface area contributed by atoms with Crippen LogP contribution >= 0.6 is 0 Å². The molecule has 88 valence electrons. The summed E-state index contributed by atoms with van der Waals surface area (Å²) in [6.07, 6.45) is 12.6. The number of nitrogens with one attached hydrogen (secondary N) is 1. The van der Waals surface area contributed by atoms with Gasteiger partial charge in [-0.15, -0.1) is 0 Å². The molecule has 1 unspecified atom stereocenters. The molecule has 0 radical (unpaired) electrons. The van der Waals surface area contributed by atoms with Crippen LogP contribution in [-0.4, -0.2) is 12.6 Å². The van der Waals surface area contributed by atoms with Gasteiger partial charge in [0.2, 0.25) is 0 Å². The Morgan fingerprint density at radius 3 is 3.06 bits per heavy atom. The highest BCUT2D eigenvalue weighted by molar-refractivity contribution is 5.39. The third-order valence-electron chi connectivity index (χ3n) is 3.50. The summed E-state index contributed by atoms with van der Waals surface area (Å²) in [5.41, 5.74) is 8.89. The normalized spacial score (nSPS) is 30.2. The highest BCUT2D eigenvalue weighted by Crippen LogP contribution is 2.43. The predicted molar refractivity (Wildman–Crippen MR) is 68.9 cm³/mol. The maximum atomic E-state index is 5.79. The van der Waals surface area contributed by atoms with Crippen LogP contribution in [0, 0.1) is 5.41 Å². The summed E-state index contributed by atoms with van der Waals surface area (Å²) in [5.74, 6) is 0. The second-order valence-corrected chi connectivity index (χ2v) is 5.22. The summed E-state index contributed by atoms with van der Waals surface area (Å²) >= 11 is 0. The maximum absolute atomic E-state index is 5.79. The van der Waals surface area contributed by atoms with Crippen molar-refractivity contribution < 1.29 is 0 Å². The number of nitrogens with two attached hydrogens (primary N) is 1. The summed E-state index contributed by atoms with van der Waals surface area (Å²) in [4.78, 5) is 0. The smallest absolute Gasteiger partial charge is 0.0338 e. The van der Waals surface area contributed by atoms with Crippen LogP contribution in [0.25, 0.3) is 0 Å². The Kier molecular flexibility index (Phi) is 3.20. The van der Waals surface area contributed by atoms with Crippen molar-refractivity contribution in [2.45, 2.75) is 39.2 Å². The molecule has 0 aromatic heterocycles. The van der Waals surface area contributed by atoms with Gasteiger partial charge in [-0.3, -0.25) is 0 Å². The first-order valence-corrected chi connectivity index (χ1v) is 6.19. The SMILES string of the molecule is C[C@H](N)CNC1=C2CCC=CC2(C)CC=C1. The molecular weight excluding hydrogens is 196 g/mol. The van der Waals surface area contributed by atoms with Crippen molar-refractivity contribution in [3.63, 3.8) is 0 Å². The molecular formula is C14H22N2. The number of fused-ring (bicyclic) bond motifs is 1.